The molecule has 0 atom stereocenters. The summed E-state index contributed by atoms with van der Waals surface area (Å²) in [7, 11) is -2.01. The first-order valence-electron chi connectivity index (χ1n) is 7.53. The van der Waals surface area contributed by atoms with Crippen LogP contribution in [0.25, 0.3) is 0 Å². The molecule has 0 aliphatic carbocycles. The van der Waals surface area contributed by atoms with Gasteiger partial charge in [0, 0.05) is 31.9 Å². The summed E-state index contributed by atoms with van der Waals surface area (Å²) in [4.78, 5) is 22.8. The zero-order valence-electron chi connectivity index (χ0n) is 13.7. The summed E-state index contributed by atoms with van der Waals surface area (Å²) >= 11 is 0. The highest BCUT2D eigenvalue weighted by Gasteiger charge is 2.17. The Bertz CT molecular complexity index is 671. The van der Waals surface area contributed by atoms with E-state index in [4.69, 9.17) is 0 Å². The van der Waals surface area contributed by atoms with Gasteiger partial charge in [-0.15, -0.1) is 0 Å². The van der Waals surface area contributed by atoms with Crippen molar-refractivity contribution in [2.24, 2.45) is 0 Å². The molecule has 1 aromatic heterocycles. The van der Waals surface area contributed by atoms with Gasteiger partial charge in [-0.2, -0.15) is 4.31 Å². The molecule has 2 heterocycles. The molecule has 0 bridgehead atoms. The van der Waals surface area contributed by atoms with Crippen LogP contribution in [0, 0.1) is 6.92 Å². The smallest absolute Gasteiger partial charge is 0.235 e. The van der Waals surface area contributed by atoms with Crippen LogP contribution in [-0.4, -0.2) is 61.5 Å². The van der Waals surface area contributed by atoms with Crippen molar-refractivity contribution < 1.29 is 13.2 Å². The molecule has 1 fully saturated rings. The normalized spacial score (nSPS) is 15.2. The average Bonchev–Trinajstić information content (AvgIpc) is 2.97. The molecule has 128 valence electrons. The van der Waals surface area contributed by atoms with Crippen molar-refractivity contribution in [1.82, 2.24) is 19.6 Å². The van der Waals surface area contributed by atoms with Gasteiger partial charge in [0.2, 0.25) is 15.9 Å². The van der Waals surface area contributed by atoms with E-state index in [0.717, 1.165) is 48.0 Å². The molecule has 1 aromatic rings. The lowest BCUT2D eigenvalue weighted by atomic mass is 10.4. The van der Waals surface area contributed by atoms with Gasteiger partial charge in [-0.05, 0) is 19.8 Å². The molecule has 9 heteroatoms. The van der Waals surface area contributed by atoms with Crippen LogP contribution < -0.4 is 10.2 Å². The number of amides is 1. The first kappa shape index (κ1) is 17.6. The zero-order valence-corrected chi connectivity index (χ0v) is 14.6. The second kappa shape index (κ2) is 7.22. The minimum absolute atomic E-state index is 0.180. The summed E-state index contributed by atoms with van der Waals surface area (Å²) in [5.41, 5.74) is 0.847. The van der Waals surface area contributed by atoms with E-state index < -0.39 is 10.0 Å². The van der Waals surface area contributed by atoms with Crippen molar-refractivity contribution in [3.63, 3.8) is 0 Å². The third kappa shape index (κ3) is 5.14. The second-order valence-corrected chi connectivity index (χ2v) is 7.86. The highest BCUT2D eigenvalue weighted by Crippen LogP contribution is 2.18. The van der Waals surface area contributed by atoms with Crippen LogP contribution in [0.4, 0.5) is 5.82 Å². The van der Waals surface area contributed by atoms with Gasteiger partial charge in [-0.25, -0.2) is 18.4 Å². The van der Waals surface area contributed by atoms with Gasteiger partial charge in [0.25, 0.3) is 0 Å². The Morgan fingerprint density at radius 2 is 2.00 bits per heavy atom. The van der Waals surface area contributed by atoms with E-state index in [-0.39, 0.29) is 19.0 Å². The average molecular weight is 341 g/mol. The molecule has 0 unspecified atom stereocenters. The maximum atomic E-state index is 11.8. The number of nitrogens with one attached hydrogen (secondary N) is 1. The fourth-order valence-electron chi connectivity index (χ4n) is 2.35. The molecule has 1 N–H and O–H groups in total. The van der Waals surface area contributed by atoms with Crippen LogP contribution in [-0.2, 0) is 21.4 Å². The van der Waals surface area contributed by atoms with Gasteiger partial charge < -0.3 is 10.2 Å². The number of carbonyl (C=O) groups excluding carboxylic acids is 1. The zero-order chi connectivity index (χ0) is 17.0. The number of sulfonamides is 1. The maximum absolute atomic E-state index is 11.8. The molecule has 0 radical (unpaired) electrons. The lowest BCUT2D eigenvalue weighted by Crippen LogP contribution is -2.37. The topological polar surface area (TPSA) is 95.5 Å². The number of carbonyl (C=O) groups is 1. The number of aryl methyl sites for hydroxylation is 1. The molecule has 23 heavy (non-hydrogen) atoms. The van der Waals surface area contributed by atoms with Crippen LogP contribution in [0.15, 0.2) is 6.07 Å². The van der Waals surface area contributed by atoms with Crippen molar-refractivity contribution in [1.29, 1.82) is 0 Å². The lowest BCUT2D eigenvalue weighted by molar-refractivity contribution is -0.121. The quantitative estimate of drug-likeness (QED) is 0.776. The van der Waals surface area contributed by atoms with Gasteiger partial charge in [-0.1, -0.05) is 0 Å². The maximum Gasteiger partial charge on any atom is 0.235 e. The monoisotopic (exact) mass is 341 g/mol. The molecular weight excluding hydrogens is 318 g/mol. The number of hydrogen-bond donors (Lipinski definition) is 1. The molecule has 2 rings (SSSR count). The van der Waals surface area contributed by atoms with Crippen LogP contribution in [0.5, 0.6) is 0 Å². The van der Waals surface area contributed by atoms with Gasteiger partial charge in [0.1, 0.15) is 11.6 Å². The summed E-state index contributed by atoms with van der Waals surface area (Å²) < 4.78 is 23.6. The Hall–Kier alpha value is -1.74. The highest BCUT2D eigenvalue weighted by atomic mass is 32.2. The predicted octanol–water partition coefficient (Wildman–Crippen LogP) is -0.107. The van der Waals surface area contributed by atoms with Crippen molar-refractivity contribution in [2.45, 2.75) is 26.3 Å². The third-order valence-electron chi connectivity index (χ3n) is 3.69. The van der Waals surface area contributed by atoms with Crippen molar-refractivity contribution in [3.05, 3.63) is 17.6 Å². The minimum atomic E-state index is -3.37. The highest BCUT2D eigenvalue weighted by molar-refractivity contribution is 7.88. The van der Waals surface area contributed by atoms with E-state index in [9.17, 15) is 13.2 Å². The van der Waals surface area contributed by atoms with Crippen LogP contribution in [0.2, 0.25) is 0 Å². The molecule has 0 saturated carbocycles. The van der Waals surface area contributed by atoms with Crippen molar-refractivity contribution in [3.8, 4) is 0 Å². The Labute approximate surface area is 137 Å². The molecule has 1 aliphatic rings. The van der Waals surface area contributed by atoms with E-state index in [0.29, 0.717) is 5.82 Å². The van der Waals surface area contributed by atoms with Gasteiger partial charge in [0.05, 0.1) is 19.3 Å². The van der Waals surface area contributed by atoms with Crippen LogP contribution >= 0.6 is 0 Å². The summed E-state index contributed by atoms with van der Waals surface area (Å²) in [5, 5.41) is 2.66. The Morgan fingerprint density at radius 3 is 2.61 bits per heavy atom. The third-order valence-corrected chi connectivity index (χ3v) is 4.95. The Morgan fingerprint density at radius 1 is 1.35 bits per heavy atom. The number of anilines is 1. The first-order valence-corrected chi connectivity index (χ1v) is 9.38. The standard InChI is InChI=1S/C14H23N5O3S/c1-11-8-13(19-6-4-5-7-19)17-12(16-11)9-15-14(20)10-18(2)23(3,21)22/h8H,4-7,9-10H2,1-3H3,(H,15,20). The molecule has 1 amide bonds. The lowest BCUT2D eigenvalue weighted by Gasteiger charge is -2.18. The summed E-state index contributed by atoms with van der Waals surface area (Å²) in [6.07, 6.45) is 3.38. The molecule has 0 spiro atoms. The summed E-state index contributed by atoms with van der Waals surface area (Å²) in [5.74, 6) is 1.03. The second-order valence-electron chi connectivity index (χ2n) is 5.77. The molecule has 8 nitrogen and oxygen atoms in total. The van der Waals surface area contributed by atoms with E-state index in [1.807, 2.05) is 13.0 Å². The van der Waals surface area contributed by atoms with Crippen LogP contribution in [0.1, 0.15) is 24.4 Å². The Kier molecular flexibility index (Phi) is 5.53. The Balaban J connectivity index is 1.96. The minimum Gasteiger partial charge on any atom is -0.357 e. The summed E-state index contributed by atoms with van der Waals surface area (Å²) in [6.45, 7) is 3.83. The SMILES string of the molecule is Cc1cc(N2CCCC2)nc(CNC(=O)CN(C)S(C)(=O)=O)n1. The van der Waals surface area contributed by atoms with Crippen LogP contribution in [0.3, 0.4) is 0 Å². The largest absolute Gasteiger partial charge is 0.357 e. The molecular formula is C14H23N5O3S. The molecule has 0 aromatic carbocycles. The fraction of sp³-hybridized carbons (Fsp3) is 0.643. The predicted molar refractivity (Wildman–Crippen MR) is 87.5 cm³/mol. The van der Waals surface area contributed by atoms with Gasteiger partial charge >= 0.3 is 0 Å². The molecule has 1 saturated heterocycles. The van der Waals surface area contributed by atoms with Crippen molar-refractivity contribution >= 4 is 21.7 Å². The number of rotatable bonds is 6. The van der Waals surface area contributed by atoms with E-state index >= 15 is 0 Å². The fourth-order valence-corrected chi connectivity index (χ4v) is 2.70. The number of hydrogen-bond acceptors (Lipinski definition) is 6. The van der Waals surface area contributed by atoms with E-state index in [1.165, 1.54) is 7.05 Å². The van der Waals surface area contributed by atoms with Gasteiger partial charge in [-0.3, -0.25) is 4.79 Å². The first-order chi connectivity index (χ1) is 10.8. The molecule has 1 aliphatic heterocycles. The number of likely N-dealkylation sites (N-methyl/N-ethyl adjacent to an activating group) is 1. The van der Waals surface area contributed by atoms with Crippen molar-refractivity contribution in [2.75, 3.05) is 37.8 Å². The number of nitrogens with zero attached hydrogens (tertiary/aromatic N) is 4. The summed E-state index contributed by atoms with van der Waals surface area (Å²) in [6, 6.07) is 1.94. The van der Waals surface area contributed by atoms with Gasteiger partial charge in [0.15, 0.2) is 0 Å². The van der Waals surface area contributed by atoms with E-state index in [2.05, 4.69) is 20.2 Å². The van der Waals surface area contributed by atoms with E-state index in [1.54, 1.807) is 0 Å². The number of aromatic nitrogens is 2.